The molecule has 2 amide bonds. The molecule has 2 rings (SSSR count). The number of carbonyl (C=O) groups is 1. The molecule has 0 heterocycles. The zero-order chi connectivity index (χ0) is 17.4. The van der Waals surface area contributed by atoms with Gasteiger partial charge in [-0.15, -0.1) is 0 Å². The van der Waals surface area contributed by atoms with Crippen LogP contribution in [-0.4, -0.2) is 24.8 Å². The Labute approximate surface area is 142 Å². The van der Waals surface area contributed by atoms with E-state index >= 15 is 0 Å². The molecule has 5 nitrogen and oxygen atoms in total. The Morgan fingerprint density at radius 3 is 2.33 bits per heavy atom. The molecule has 0 saturated carbocycles. The number of aliphatic hydroxyl groups is 1. The van der Waals surface area contributed by atoms with Crippen LogP contribution in [0.5, 0.6) is 0 Å². The van der Waals surface area contributed by atoms with Gasteiger partial charge in [0, 0.05) is 13.7 Å². The standard InChI is InChI=1S/C19H24N2O3/c1-19(23,17-10-4-3-5-11-17)14-21-18(22)20-12-15-8-6-7-9-16(15)13-24-2/h3-11,23H,12-14H2,1-2H3,(H2,20,21,22). The minimum atomic E-state index is -1.12. The number of hydrogen-bond donors (Lipinski definition) is 3. The molecular weight excluding hydrogens is 304 g/mol. The molecule has 0 bridgehead atoms. The normalized spacial score (nSPS) is 13.1. The van der Waals surface area contributed by atoms with Crippen molar-refractivity contribution in [3.8, 4) is 0 Å². The van der Waals surface area contributed by atoms with E-state index in [1.165, 1.54) is 0 Å². The van der Waals surface area contributed by atoms with Crippen LogP contribution in [0.15, 0.2) is 54.6 Å². The van der Waals surface area contributed by atoms with Gasteiger partial charge >= 0.3 is 6.03 Å². The van der Waals surface area contributed by atoms with E-state index in [-0.39, 0.29) is 12.6 Å². The fourth-order valence-corrected chi connectivity index (χ4v) is 2.42. The molecule has 0 aromatic heterocycles. The molecule has 0 aliphatic heterocycles. The van der Waals surface area contributed by atoms with Crippen molar-refractivity contribution in [2.75, 3.05) is 13.7 Å². The number of hydrogen-bond acceptors (Lipinski definition) is 3. The maximum absolute atomic E-state index is 12.0. The molecule has 0 fully saturated rings. The number of nitrogens with one attached hydrogen (secondary N) is 2. The Morgan fingerprint density at radius 2 is 1.67 bits per heavy atom. The molecule has 3 N–H and O–H groups in total. The molecule has 0 spiro atoms. The molecule has 128 valence electrons. The number of rotatable bonds is 7. The minimum Gasteiger partial charge on any atom is -0.384 e. The number of carbonyl (C=O) groups excluding carboxylic acids is 1. The topological polar surface area (TPSA) is 70.6 Å². The largest absolute Gasteiger partial charge is 0.384 e. The Bertz CT molecular complexity index is 657. The molecule has 0 saturated heterocycles. The van der Waals surface area contributed by atoms with E-state index in [1.807, 2.05) is 54.6 Å². The van der Waals surface area contributed by atoms with Crippen LogP contribution in [0.4, 0.5) is 4.79 Å². The molecule has 24 heavy (non-hydrogen) atoms. The van der Waals surface area contributed by atoms with Gasteiger partial charge in [0.25, 0.3) is 0 Å². The zero-order valence-corrected chi connectivity index (χ0v) is 14.1. The summed E-state index contributed by atoms with van der Waals surface area (Å²) in [6.07, 6.45) is 0. The second-order valence-corrected chi connectivity index (χ2v) is 5.88. The van der Waals surface area contributed by atoms with Crippen LogP contribution in [0.1, 0.15) is 23.6 Å². The van der Waals surface area contributed by atoms with Gasteiger partial charge in [0.05, 0.1) is 13.2 Å². The first-order valence-electron chi connectivity index (χ1n) is 7.88. The summed E-state index contributed by atoms with van der Waals surface area (Å²) >= 11 is 0. The molecular formula is C19H24N2O3. The molecule has 1 atom stereocenters. The van der Waals surface area contributed by atoms with Gasteiger partial charge in [-0.25, -0.2) is 4.79 Å². The quantitative estimate of drug-likeness (QED) is 0.731. The van der Waals surface area contributed by atoms with E-state index in [4.69, 9.17) is 4.74 Å². The average Bonchev–Trinajstić information content (AvgIpc) is 2.60. The molecule has 5 heteroatoms. The molecule has 0 aliphatic carbocycles. The number of amides is 2. The molecule has 2 aromatic carbocycles. The number of methoxy groups -OCH3 is 1. The maximum atomic E-state index is 12.0. The lowest BCUT2D eigenvalue weighted by Crippen LogP contribution is -2.43. The third-order valence-corrected chi connectivity index (χ3v) is 3.85. The monoisotopic (exact) mass is 328 g/mol. The Balaban J connectivity index is 1.86. The summed E-state index contributed by atoms with van der Waals surface area (Å²) in [6, 6.07) is 16.7. The molecule has 2 aromatic rings. The highest BCUT2D eigenvalue weighted by Gasteiger charge is 2.23. The van der Waals surface area contributed by atoms with Crippen molar-refractivity contribution < 1.29 is 14.6 Å². The van der Waals surface area contributed by atoms with Gasteiger partial charge in [-0.05, 0) is 23.6 Å². The average molecular weight is 328 g/mol. The minimum absolute atomic E-state index is 0.128. The van der Waals surface area contributed by atoms with E-state index < -0.39 is 5.60 Å². The third kappa shape index (κ3) is 5.08. The van der Waals surface area contributed by atoms with Crippen molar-refractivity contribution >= 4 is 6.03 Å². The predicted octanol–water partition coefficient (Wildman–Crippen LogP) is 2.54. The second kappa shape index (κ2) is 8.47. The smallest absolute Gasteiger partial charge is 0.315 e. The van der Waals surface area contributed by atoms with Crippen LogP contribution in [0.2, 0.25) is 0 Å². The Morgan fingerprint density at radius 1 is 1.04 bits per heavy atom. The van der Waals surface area contributed by atoms with Gasteiger partial charge in [0.1, 0.15) is 5.60 Å². The Hall–Kier alpha value is -2.37. The summed E-state index contributed by atoms with van der Waals surface area (Å²) in [5, 5.41) is 16.0. The highest BCUT2D eigenvalue weighted by molar-refractivity contribution is 5.74. The highest BCUT2D eigenvalue weighted by atomic mass is 16.5. The van der Waals surface area contributed by atoms with Crippen LogP contribution in [0.25, 0.3) is 0 Å². The highest BCUT2D eigenvalue weighted by Crippen LogP contribution is 2.18. The number of ether oxygens (including phenoxy) is 1. The first kappa shape index (κ1) is 18.0. The van der Waals surface area contributed by atoms with Crippen molar-refractivity contribution in [3.05, 3.63) is 71.3 Å². The summed E-state index contributed by atoms with van der Waals surface area (Å²) < 4.78 is 5.16. The second-order valence-electron chi connectivity index (χ2n) is 5.88. The lowest BCUT2D eigenvalue weighted by atomic mass is 9.96. The van der Waals surface area contributed by atoms with Crippen molar-refractivity contribution in [1.82, 2.24) is 10.6 Å². The van der Waals surface area contributed by atoms with E-state index in [2.05, 4.69) is 10.6 Å². The van der Waals surface area contributed by atoms with Crippen LogP contribution in [0, 0.1) is 0 Å². The van der Waals surface area contributed by atoms with Crippen molar-refractivity contribution in [3.63, 3.8) is 0 Å². The van der Waals surface area contributed by atoms with E-state index in [0.717, 1.165) is 16.7 Å². The maximum Gasteiger partial charge on any atom is 0.315 e. The number of benzene rings is 2. The van der Waals surface area contributed by atoms with Gasteiger partial charge < -0.3 is 20.5 Å². The van der Waals surface area contributed by atoms with Gasteiger partial charge in [-0.2, -0.15) is 0 Å². The summed E-state index contributed by atoms with van der Waals surface area (Å²) in [5.74, 6) is 0. The van der Waals surface area contributed by atoms with Gasteiger partial charge in [0.2, 0.25) is 0 Å². The number of urea groups is 1. The van der Waals surface area contributed by atoms with Crippen LogP contribution in [0.3, 0.4) is 0 Å². The van der Waals surface area contributed by atoms with E-state index in [0.29, 0.717) is 13.2 Å². The fraction of sp³-hybridized carbons (Fsp3) is 0.316. The molecule has 0 radical (unpaired) electrons. The van der Waals surface area contributed by atoms with Crippen LogP contribution in [-0.2, 0) is 23.5 Å². The lowest BCUT2D eigenvalue weighted by Gasteiger charge is -2.24. The third-order valence-electron chi connectivity index (χ3n) is 3.85. The molecule has 1 unspecified atom stereocenters. The van der Waals surface area contributed by atoms with E-state index in [9.17, 15) is 9.90 Å². The van der Waals surface area contributed by atoms with Gasteiger partial charge in [-0.1, -0.05) is 54.6 Å². The Kier molecular flexibility index (Phi) is 6.35. The fourth-order valence-electron chi connectivity index (χ4n) is 2.42. The van der Waals surface area contributed by atoms with Crippen molar-refractivity contribution in [2.24, 2.45) is 0 Å². The van der Waals surface area contributed by atoms with Crippen LogP contribution >= 0.6 is 0 Å². The predicted molar refractivity (Wildman–Crippen MR) is 93.4 cm³/mol. The summed E-state index contributed by atoms with van der Waals surface area (Å²) in [4.78, 5) is 12.0. The first-order chi connectivity index (χ1) is 11.5. The van der Waals surface area contributed by atoms with Gasteiger partial charge in [-0.3, -0.25) is 0 Å². The summed E-state index contributed by atoms with van der Waals surface area (Å²) in [5.41, 5.74) is 1.68. The summed E-state index contributed by atoms with van der Waals surface area (Å²) in [7, 11) is 1.64. The zero-order valence-electron chi connectivity index (χ0n) is 14.1. The van der Waals surface area contributed by atoms with Crippen molar-refractivity contribution in [2.45, 2.75) is 25.7 Å². The van der Waals surface area contributed by atoms with Crippen molar-refractivity contribution in [1.29, 1.82) is 0 Å². The van der Waals surface area contributed by atoms with Crippen LogP contribution < -0.4 is 10.6 Å². The summed E-state index contributed by atoms with van der Waals surface area (Å²) in [6.45, 7) is 2.71. The first-order valence-corrected chi connectivity index (χ1v) is 7.88. The van der Waals surface area contributed by atoms with E-state index in [1.54, 1.807) is 14.0 Å². The SMILES string of the molecule is COCc1ccccc1CNC(=O)NCC(C)(O)c1ccccc1. The van der Waals surface area contributed by atoms with Gasteiger partial charge in [0.15, 0.2) is 0 Å². The lowest BCUT2D eigenvalue weighted by molar-refractivity contribution is 0.0594. The molecule has 0 aliphatic rings.